The largest absolute Gasteiger partial charge is 0.493 e. The fourth-order valence-electron chi connectivity index (χ4n) is 2.56. The van der Waals surface area contributed by atoms with Gasteiger partial charge in [-0.15, -0.1) is 0 Å². The number of nitrogens with two attached hydrogens (primary N) is 1. The summed E-state index contributed by atoms with van der Waals surface area (Å²) in [6, 6.07) is 7.40. The molecule has 2 rings (SSSR count). The monoisotopic (exact) mass is 299 g/mol. The van der Waals surface area contributed by atoms with Gasteiger partial charge in [0.2, 0.25) is 0 Å². The molecule has 5 nitrogen and oxygen atoms in total. The van der Waals surface area contributed by atoms with Crippen LogP contribution in [0.5, 0.6) is 11.5 Å². The fourth-order valence-corrected chi connectivity index (χ4v) is 4.79. The van der Waals surface area contributed by atoms with E-state index in [1.165, 1.54) is 0 Å². The zero-order chi connectivity index (χ0) is 14.6. The minimum atomic E-state index is -2.93. The smallest absolute Gasteiger partial charge is 0.161 e. The van der Waals surface area contributed by atoms with E-state index in [0.29, 0.717) is 37.5 Å². The molecule has 1 fully saturated rings. The maximum absolute atomic E-state index is 11.6. The summed E-state index contributed by atoms with van der Waals surface area (Å²) in [5.41, 5.74) is 5.45. The second-order valence-electron chi connectivity index (χ2n) is 5.30. The van der Waals surface area contributed by atoms with Crippen LogP contribution in [-0.4, -0.2) is 40.2 Å². The van der Waals surface area contributed by atoms with Gasteiger partial charge in [-0.2, -0.15) is 0 Å². The molecule has 112 valence electrons. The Hall–Kier alpha value is -1.27. The molecule has 1 heterocycles. The minimum Gasteiger partial charge on any atom is -0.493 e. The number of benzene rings is 1. The molecule has 1 aliphatic rings. The lowest BCUT2D eigenvalue weighted by Gasteiger charge is -2.25. The first-order valence-electron chi connectivity index (χ1n) is 6.67. The minimum absolute atomic E-state index is 0.172. The predicted molar refractivity (Wildman–Crippen MR) is 77.9 cm³/mol. The van der Waals surface area contributed by atoms with Crippen molar-refractivity contribution in [2.24, 2.45) is 11.1 Å². The summed E-state index contributed by atoms with van der Waals surface area (Å²) in [4.78, 5) is 0. The lowest BCUT2D eigenvalue weighted by atomic mass is 9.84. The van der Waals surface area contributed by atoms with Gasteiger partial charge in [-0.1, -0.05) is 12.1 Å². The molecule has 0 radical (unpaired) electrons. The Kier molecular flexibility index (Phi) is 4.55. The lowest BCUT2D eigenvalue weighted by molar-refractivity contribution is 0.216. The van der Waals surface area contributed by atoms with E-state index in [-0.39, 0.29) is 16.9 Å². The van der Waals surface area contributed by atoms with Crippen LogP contribution in [0.1, 0.15) is 12.8 Å². The molecule has 0 bridgehead atoms. The number of hydrogen-bond acceptors (Lipinski definition) is 5. The van der Waals surface area contributed by atoms with Gasteiger partial charge in [-0.3, -0.25) is 0 Å². The van der Waals surface area contributed by atoms with E-state index in [1.807, 2.05) is 24.3 Å². The number of hydrogen-bond donors (Lipinski definition) is 1. The summed E-state index contributed by atoms with van der Waals surface area (Å²) in [6.45, 7) is 0.814. The van der Waals surface area contributed by atoms with E-state index < -0.39 is 9.84 Å². The Morgan fingerprint density at radius 2 is 2.00 bits per heavy atom. The van der Waals surface area contributed by atoms with Crippen molar-refractivity contribution in [2.45, 2.75) is 12.8 Å². The van der Waals surface area contributed by atoms with E-state index in [1.54, 1.807) is 7.11 Å². The van der Waals surface area contributed by atoms with Crippen LogP contribution in [-0.2, 0) is 9.84 Å². The van der Waals surface area contributed by atoms with Crippen LogP contribution >= 0.6 is 0 Å². The lowest BCUT2D eigenvalue weighted by Crippen LogP contribution is -2.33. The van der Waals surface area contributed by atoms with Crippen LogP contribution in [0.4, 0.5) is 0 Å². The third kappa shape index (κ3) is 3.43. The van der Waals surface area contributed by atoms with Crippen LogP contribution in [0, 0.1) is 5.41 Å². The van der Waals surface area contributed by atoms with Gasteiger partial charge in [0, 0.05) is 5.41 Å². The van der Waals surface area contributed by atoms with Gasteiger partial charge in [0.05, 0.1) is 25.2 Å². The van der Waals surface area contributed by atoms with E-state index in [9.17, 15) is 8.42 Å². The van der Waals surface area contributed by atoms with Crippen molar-refractivity contribution in [3.8, 4) is 11.5 Å². The summed E-state index contributed by atoms with van der Waals surface area (Å²) >= 11 is 0. The molecular weight excluding hydrogens is 278 g/mol. The van der Waals surface area contributed by atoms with E-state index in [0.717, 1.165) is 0 Å². The summed E-state index contributed by atoms with van der Waals surface area (Å²) in [7, 11) is -1.34. The fraction of sp³-hybridized carbons (Fsp3) is 0.571. The number of para-hydroxylation sites is 2. The zero-order valence-corrected chi connectivity index (χ0v) is 12.5. The number of rotatable bonds is 6. The van der Waals surface area contributed by atoms with Crippen LogP contribution in [0.2, 0.25) is 0 Å². The summed E-state index contributed by atoms with van der Waals surface area (Å²) in [6.07, 6.45) is 1.27. The SMILES string of the molecule is COc1ccccc1OCCC1(CN)CCS(=O)(=O)C1. The molecule has 0 aromatic heterocycles. The average molecular weight is 299 g/mol. The van der Waals surface area contributed by atoms with E-state index in [2.05, 4.69) is 0 Å². The van der Waals surface area contributed by atoms with Crippen molar-refractivity contribution < 1.29 is 17.9 Å². The highest BCUT2D eigenvalue weighted by Crippen LogP contribution is 2.35. The first-order valence-corrected chi connectivity index (χ1v) is 8.49. The quantitative estimate of drug-likeness (QED) is 0.854. The van der Waals surface area contributed by atoms with Crippen molar-refractivity contribution >= 4 is 9.84 Å². The molecule has 1 unspecified atom stereocenters. The molecule has 0 aliphatic carbocycles. The van der Waals surface area contributed by atoms with Gasteiger partial charge >= 0.3 is 0 Å². The Labute approximate surface area is 120 Å². The maximum Gasteiger partial charge on any atom is 0.161 e. The van der Waals surface area contributed by atoms with E-state index in [4.69, 9.17) is 15.2 Å². The highest BCUT2D eigenvalue weighted by molar-refractivity contribution is 7.91. The zero-order valence-electron chi connectivity index (χ0n) is 11.7. The molecule has 6 heteroatoms. The van der Waals surface area contributed by atoms with Crippen molar-refractivity contribution in [3.05, 3.63) is 24.3 Å². The van der Waals surface area contributed by atoms with Gasteiger partial charge in [0.15, 0.2) is 21.3 Å². The number of ether oxygens (including phenoxy) is 2. The second-order valence-corrected chi connectivity index (χ2v) is 7.48. The van der Waals surface area contributed by atoms with Crippen molar-refractivity contribution in [1.82, 2.24) is 0 Å². The Balaban J connectivity index is 1.95. The maximum atomic E-state index is 11.6. The number of methoxy groups -OCH3 is 1. The molecule has 0 amide bonds. The summed E-state index contributed by atoms with van der Waals surface area (Å²) in [5, 5.41) is 0. The Morgan fingerprint density at radius 3 is 2.55 bits per heavy atom. The third-order valence-electron chi connectivity index (χ3n) is 3.86. The average Bonchev–Trinajstić information content (AvgIpc) is 2.76. The molecule has 20 heavy (non-hydrogen) atoms. The predicted octanol–water partition coefficient (Wildman–Crippen LogP) is 1.23. The van der Waals surface area contributed by atoms with Crippen LogP contribution < -0.4 is 15.2 Å². The molecule has 1 aromatic carbocycles. The highest BCUT2D eigenvalue weighted by atomic mass is 32.2. The van der Waals surface area contributed by atoms with Crippen LogP contribution in [0.3, 0.4) is 0 Å². The van der Waals surface area contributed by atoms with Gasteiger partial charge < -0.3 is 15.2 Å². The van der Waals surface area contributed by atoms with Crippen LogP contribution in [0.15, 0.2) is 24.3 Å². The van der Waals surface area contributed by atoms with Crippen LogP contribution in [0.25, 0.3) is 0 Å². The Morgan fingerprint density at radius 1 is 1.30 bits per heavy atom. The first-order chi connectivity index (χ1) is 9.50. The van der Waals surface area contributed by atoms with E-state index >= 15 is 0 Å². The van der Waals surface area contributed by atoms with Crippen molar-refractivity contribution in [2.75, 3.05) is 31.8 Å². The molecular formula is C14H21NO4S. The standard InChI is InChI=1S/C14H21NO4S/c1-18-12-4-2-3-5-13(12)19-8-6-14(10-15)7-9-20(16,17)11-14/h2-5H,6-11,15H2,1H3. The highest BCUT2D eigenvalue weighted by Gasteiger charge is 2.40. The first kappa shape index (κ1) is 15.1. The van der Waals surface area contributed by atoms with Gasteiger partial charge in [-0.25, -0.2) is 8.42 Å². The van der Waals surface area contributed by atoms with Gasteiger partial charge in [0.1, 0.15) is 0 Å². The number of sulfone groups is 1. The van der Waals surface area contributed by atoms with Crippen molar-refractivity contribution in [3.63, 3.8) is 0 Å². The summed E-state index contributed by atoms with van der Waals surface area (Å²) < 4.78 is 34.2. The molecule has 1 aliphatic heterocycles. The normalized spacial score (nSPS) is 24.5. The third-order valence-corrected chi connectivity index (χ3v) is 5.74. The Bertz CT molecular complexity index is 558. The van der Waals surface area contributed by atoms with Gasteiger partial charge in [0.25, 0.3) is 0 Å². The molecule has 1 aromatic rings. The molecule has 0 spiro atoms. The molecule has 0 saturated carbocycles. The topological polar surface area (TPSA) is 78.6 Å². The molecule has 1 atom stereocenters. The van der Waals surface area contributed by atoms with Crippen molar-refractivity contribution in [1.29, 1.82) is 0 Å². The molecule has 1 saturated heterocycles. The van der Waals surface area contributed by atoms with Gasteiger partial charge in [-0.05, 0) is 31.5 Å². The second kappa shape index (κ2) is 6.01. The summed E-state index contributed by atoms with van der Waals surface area (Å²) in [5.74, 6) is 1.75. The molecule has 2 N–H and O–H groups in total.